The van der Waals surface area contributed by atoms with Crippen LogP contribution in [0.2, 0.25) is 0 Å². The van der Waals surface area contributed by atoms with Crippen molar-refractivity contribution in [2.45, 2.75) is 0 Å². The fourth-order valence-corrected chi connectivity index (χ4v) is 4.28. The standard InChI is InChI=1S/C24H16BNO3/c27-25(28)15-9-12-23-20(13-15)19-11-10-16(14-24(19)29-23)26-21-7-3-1-5-17(21)18-6-2-4-8-22(18)26/h1-14,27-28H. The van der Waals surface area contributed by atoms with Crippen molar-refractivity contribution in [2.24, 2.45) is 0 Å². The number of rotatable bonds is 2. The van der Waals surface area contributed by atoms with Gasteiger partial charge in [-0.1, -0.05) is 48.5 Å². The van der Waals surface area contributed by atoms with E-state index in [0.29, 0.717) is 5.46 Å². The van der Waals surface area contributed by atoms with Gasteiger partial charge in [-0.2, -0.15) is 0 Å². The third-order valence-corrected chi connectivity index (χ3v) is 5.62. The molecule has 0 fully saturated rings. The molecule has 29 heavy (non-hydrogen) atoms. The van der Waals surface area contributed by atoms with Crippen molar-refractivity contribution in [2.75, 3.05) is 0 Å². The summed E-state index contributed by atoms with van der Waals surface area (Å²) in [6.07, 6.45) is 0. The Balaban J connectivity index is 1.65. The molecule has 0 unspecified atom stereocenters. The number of fused-ring (bicyclic) bond motifs is 6. The Morgan fingerprint density at radius 2 is 1.31 bits per heavy atom. The van der Waals surface area contributed by atoms with Gasteiger partial charge in [-0.3, -0.25) is 0 Å². The van der Waals surface area contributed by atoms with E-state index < -0.39 is 7.12 Å². The third-order valence-electron chi connectivity index (χ3n) is 5.62. The van der Waals surface area contributed by atoms with Gasteiger partial charge >= 0.3 is 7.12 Å². The molecule has 0 radical (unpaired) electrons. The van der Waals surface area contributed by atoms with E-state index in [2.05, 4.69) is 59.2 Å². The molecule has 2 N–H and O–H groups in total. The van der Waals surface area contributed by atoms with Gasteiger partial charge in [0.25, 0.3) is 0 Å². The number of hydrogen-bond acceptors (Lipinski definition) is 3. The normalized spacial score (nSPS) is 11.8. The summed E-state index contributed by atoms with van der Waals surface area (Å²) in [5.74, 6) is 0. The quantitative estimate of drug-likeness (QED) is 0.441. The molecule has 0 aliphatic rings. The largest absolute Gasteiger partial charge is 0.488 e. The lowest BCUT2D eigenvalue weighted by Crippen LogP contribution is -2.29. The molecule has 5 heteroatoms. The molecular weight excluding hydrogens is 361 g/mol. The summed E-state index contributed by atoms with van der Waals surface area (Å²) in [6, 6.07) is 28.2. The topological polar surface area (TPSA) is 58.5 Å². The van der Waals surface area contributed by atoms with Crippen LogP contribution in [-0.2, 0) is 0 Å². The second-order valence-electron chi connectivity index (χ2n) is 7.28. The first kappa shape index (κ1) is 16.4. The van der Waals surface area contributed by atoms with Crippen molar-refractivity contribution < 1.29 is 14.5 Å². The van der Waals surface area contributed by atoms with E-state index in [4.69, 9.17) is 4.42 Å². The van der Waals surface area contributed by atoms with Crippen LogP contribution in [0.5, 0.6) is 0 Å². The zero-order valence-electron chi connectivity index (χ0n) is 15.4. The van der Waals surface area contributed by atoms with Gasteiger partial charge in [-0.05, 0) is 35.8 Å². The Hall–Kier alpha value is -3.54. The van der Waals surface area contributed by atoms with Crippen molar-refractivity contribution in [1.82, 2.24) is 4.57 Å². The molecule has 0 aliphatic heterocycles. The molecule has 0 saturated heterocycles. The lowest BCUT2D eigenvalue weighted by atomic mass is 9.80. The van der Waals surface area contributed by atoms with Gasteiger partial charge in [-0.25, -0.2) is 0 Å². The van der Waals surface area contributed by atoms with Crippen molar-refractivity contribution in [1.29, 1.82) is 0 Å². The summed E-state index contributed by atoms with van der Waals surface area (Å²) in [5.41, 5.74) is 5.26. The van der Waals surface area contributed by atoms with Crippen LogP contribution in [-0.4, -0.2) is 21.7 Å². The van der Waals surface area contributed by atoms with Gasteiger partial charge in [0.15, 0.2) is 0 Å². The first-order valence-corrected chi connectivity index (χ1v) is 9.51. The van der Waals surface area contributed by atoms with Crippen LogP contribution in [0.1, 0.15) is 0 Å². The van der Waals surface area contributed by atoms with E-state index in [1.807, 2.05) is 12.1 Å². The van der Waals surface area contributed by atoms with E-state index >= 15 is 0 Å². The number of nitrogens with zero attached hydrogens (tertiary/aromatic N) is 1. The first-order valence-electron chi connectivity index (χ1n) is 9.51. The van der Waals surface area contributed by atoms with E-state index in [9.17, 15) is 10.0 Å². The maximum atomic E-state index is 9.48. The molecule has 0 bridgehead atoms. The Bertz CT molecular complexity index is 1490. The van der Waals surface area contributed by atoms with Gasteiger partial charge in [0.05, 0.1) is 11.0 Å². The smallest absolute Gasteiger partial charge is 0.456 e. The molecule has 4 aromatic carbocycles. The van der Waals surface area contributed by atoms with E-state index in [-0.39, 0.29) is 0 Å². The molecule has 2 heterocycles. The predicted molar refractivity (Wildman–Crippen MR) is 118 cm³/mol. The second-order valence-corrected chi connectivity index (χ2v) is 7.28. The summed E-state index contributed by atoms with van der Waals surface area (Å²) in [5, 5.41) is 23.2. The molecule has 138 valence electrons. The van der Waals surface area contributed by atoms with Crippen LogP contribution in [0.15, 0.2) is 89.3 Å². The average molecular weight is 377 g/mol. The van der Waals surface area contributed by atoms with Crippen LogP contribution < -0.4 is 5.46 Å². The molecule has 0 amide bonds. The molecule has 4 nitrogen and oxygen atoms in total. The molecule has 0 atom stereocenters. The molecule has 6 aromatic rings. The molecule has 6 rings (SSSR count). The number of furan rings is 1. The Kier molecular flexibility index (Phi) is 3.39. The minimum Gasteiger partial charge on any atom is -0.456 e. The Morgan fingerprint density at radius 3 is 2.00 bits per heavy atom. The minimum absolute atomic E-state index is 0.451. The number of para-hydroxylation sites is 2. The van der Waals surface area contributed by atoms with Gasteiger partial charge in [0.1, 0.15) is 11.2 Å². The zero-order chi connectivity index (χ0) is 19.5. The Labute approximate surface area is 166 Å². The van der Waals surface area contributed by atoms with Crippen molar-refractivity contribution in [3.05, 3.63) is 84.9 Å². The summed E-state index contributed by atoms with van der Waals surface area (Å²) >= 11 is 0. The van der Waals surface area contributed by atoms with Gasteiger partial charge in [0.2, 0.25) is 0 Å². The fraction of sp³-hybridized carbons (Fsp3) is 0. The summed E-state index contributed by atoms with van der Waals surface area (Å²) in [4.78, 5) is 0. The highest BCUT2D eigenvalue weighted by Gasteiger charge is 2.16. The minimum atomic E-state index is -1.50. The lowest BCUT2D eigenvalue weighted by Gasteiger charge is -2.07. The first-order chi connectivity index (χ1) is 14.2. The van der Waals surface area contributed by atoms with Gasteiger partial charge in [-0.15, -0.1) is 0 Å². The highest BCUT2D eigenvalue weighted by Crippen LogP contribution is 2.34. The monoisotopic (exact) mass is 377 g/mol. The average Bonchev–Trinajstić information content (AvgIpc) is 3.28. The van der Waals surface area contributed by atoms with Crippen molar-refractivity contribution >= 4 is 56.3 Å². The van der Waals surface area contributed by atoms with Crippen LogP contribution in [0.4, 0.5) is 0 Å². The number of aromatic nitrogens is 1. The van der Waals surface area contributed by atoms with Crippen LogP contribution in [0.3, 0.4) is 0 Å². The fourth-order valence-electron chi connectivity index (χ4n) is 4.28. The SMILES string of the molecule is OB(O)c1ccc2oc3cc(-n4c5ccccc5c5ccccc54)ccc3c2c1. The molecule has 0 aliphatic carbocycles. The highest BCUT2D eigenvalue weighted by atomic mass is 16.4. The highest BCUT2D eigenvalue weighted by molar-refractivity contribution is 6.59. The summed E-state index contributed by atoms with van der Waals surface area (Å²) in [6.45, 7) is 0. The third kappa shape index (κ3) is 2.35. The number of benzene rings is 4. The van der Waals surface area contributed by atoms with Crippen LogP contribution in [0.25, 0.3) is 49.4 Å². The maximum absolute atomic E-state index is 9.48. The second kappa shape index (κ2) is 5.98. The van der Waals surface area contributed by atoms with E-state index in [0.717, 1.165) is 38.7 Å². The van der Waals surface area contributed by atoms with E-state index in [1.165, 1.54) is 10.8 Å². The zero-order valence-corrected chi connectivity index (χ0v) is 15.4. The number of hydrogen-bond donors (Lipinski definition) is 2. The summed E-state index contributed by atoms with van der Waals surface area (Å²) in [7, 11) is -1.50. The molecule has 2 aromatic heterocycles. The lowest BCUT2D eigenvalue weighted by molar-refractivity contribution is 0.426. The summed E-state index contributed by atoms with van der Waals surface area (Å²) < 4.78 is 8.32. The van der Waals surface area contributed by atoms with E-state index in [1.54, 1.807) is 18.2 Å². The van der Waals surface area contributed by atoms with Gasteiger partial charge in [0, 0.05) is 33.3 Å². The van der Waals surface area contributed by atoms with Crippen molar-refractivity contribution in [3.63, 3.8) is 0 Å². The molecule has 0 saturated carbocycles. The Morgan fingerprint density at radius 1 is 0.621 bits per heavy atom. The molecule has 0 spiro atoms. The molecular formula is C24H16BNO3. The van der Waals surface area contributed by atoms with Gasteiger partial charge < -0.3 is 19.0 Å². The van der Waals surface area contributed by atoms with Crippen LogP contribution in [0, 0.1) is 0 Å². The predicted octanol–water partition coefficient (Wildman–Crippen LogP) is 4.36. The van der Waals surface area contributed by atoms with Crippen LogP contribution >= 0.6 is 0 Å². The maximum Gasteiger partial charge on any atom is 0.488 e. The van der Waals surface area contributed by atoms with Crippen molar-refractivity contribution in [3.8, 4) is 5.69 Å².